The van der Waals surface area contributed by atoms with Gasteiger partial charge in [0.1, 0.15) is 11.5 Å². The van der Waals surface area contributed by atoms with Crippen molar-refractivity contribution in [3.63, 3.8) is 0 Å². The lowest BCUT2D eigenvalue weighted by atomic mass is 10.2. The highest BCUT2D eigenvalue weighted by molar-refractivity contribution is 5.80. The van der Waals surface area contributed by atoms with Gasteiger partial charge in [-0.15, -0.1) is 0 Å². The molecule has 0 radical (unpaired) electrons. The lowest BCUT2D eigenvalue weighted by Gasteiger charge is -2.22. The Morgan fingerprint density at radius 2 is 2.00 bits per heavy atom. The van der Waals surface area contributed by atoms with Gasteiger partial charge >= 0.3 is 0 Å². The molecule has 30 heavy (non-hydrogen) atoms. The second kappa shape index (κ2) is 11.3. The van der Waals surface area contributed by atoms with Gasteiger partial charge in [0, 0.05) is 32.7 Å². The Kier molecular flexibility index (Phi) is 8.20. The minimum atomic E-state index is 0.332. The maximum atomic E-state index is 5.76. The van der Waals surface area contributed by atoms with Crippen LogP contribution in [0.3, 0.4) is 0 Å². The van der Waals surface area contributed by atoms with Gasteiger partial charge in [0.15, 0.2) is 5.96 Å². The number of para-hydroxylation sites is 2. The molecule has 1 fully saturated rings. The average molecular weight is 413 g/mol. The fourth-order valence-electron chi connectivity index (χ4n) is 3.57. The number of anilines is 1. The molecule has 162 valence electrons. The van der Waals surface area contributed by atoms with Gasteiger partial charge in [-0.05, 0) is 36.2 Å². The van der Waals surface area contributed by atoms with Crippen LogP contribution in [0.5, 0.6) is 11.5 Å². The monoisotopic (exact) mass is 412 g/mol. The number of methoxy groups -OCH3 is 2. The van der Waals surface area contributed by atoms with Gasteiger partial charge in [0.25, 0.3) is 0 Å². The van der Waals surface area contributed by atoms with Crippen LogP contribution in [0.15, 0.2) is 53.5 Å². The largest absolute Gasteiger partial charge is 0.497 e. The number of ether oxygens (including phenoxy) is 3. The predicted molar refractivity (Wildman–Crippen MR) is 121 cm³/mol. The molecule has 1 atom stereocenters. The summed E-state index contributed by atoms with van der Waals surface area (Å²) >= 11 is 0. The number of hydrogen-bond acceptors (Lipinski definition) is 5. The van der Waals surface area contributed by atoms with Gasteiger partial charge in [0.05, 0.1) is 33.1 Å². The van der Waals surface area contributed by atoms with Crippen molar-refractivity contribution in [1.29, 1.82) is 0 Å². The normalized spacial score (nSPS) is 16.4. The molecule has 1 saturated heterocycles. The molecule has 0 aliphatic carbocycles. The summed E-state index contributed by atoms with van der Waals surface area (Å²) in [6.07, 6.45) is 1.05. The van der Waals surface area contributed by atoms with Crippen molar-refractivity contribution in [2.24, 2.45) is 4.99 Å². The van der Waals surface area contributed by atoms with Gasteiger partial charge in [-0.2, -0.15) is 0 Å². The molecule has 0 spiro atoms. The second-order valence-corrected chi connectivity index (χ2v) is 7.15. The highest BCUT2D eigenvalue weighted by Crippen LogP contribution is 2.30. The van der Waals surface area contributed by atoms with E-state index in [0.717, 1.165) is 48.2 Å². The van der Waals surface area contributed by atoms with E-state index in [0.29, 0.717) is 25.8 Å². The molecule has 1 unspecified atom stereocenters. The first-order valence-electron chi connectivity index (χ1n) is 10.3. The average Bonchev–Trinajstić information content (AvgIpc) is 3.26. The van der Waals surface area contributed by atoms with Crippen molar-refractivity contribution in [1.82, 2.24) is 10.6 Å². The van der Waals surface area contributed by atoms with E-state index in [-0.39, 0.29) is 0 Å². The molecular formula is C23H32N4O3. The molecule has 2 aromatic rings. The summed E-state index contributed by atoms with van der Waals surface area (Å²) in [5, 5.41) is 6.84. The smallest absolute Gasteiger partial charge is 0.191 e. The van der Waals surface area contributed by atoms with Crippen LogP contribution in [-0.2, 0) is 11.3 Å². The molecular weight excluding hydrogens is 380 g/mol. The summed E-state index contributed by atoms with van der Waals surface area (Å²) in [4.78, 5) is 6.69. The standard InChI is InChI=1S/C23H32N4O3/c1-24-23(25-12-14-30-17-18-7-6-8-20(15-18)28-2)26-19-11-13-27(16-19)21-9-4-5-10-22(21)29-3/h4-10,15,19H,11-14,16-17H2,1-3H3,(H2,24,25,26). The van der Waals surface area contributed by atoms with Crippen molar-refractivity contribution in [2.75, 3.05) is 52.4 Å². The van der Waals surface area contributed by atoms with Gasteiger partial charge in [-0.25, -0.2) is 0 Å². The van der Waals surface area contributed by atoms with Crippen molar-refractivity contribution in [2.45, 2.75) is 19.1 Å². The molecule has 1 aliphatic heterocycles. The van der Waals surface area contributed by atoms with E-state index in [1.54, 1.807) is 21.3 Å². The van der Waals surface area contributed by atoms with Gasteiger partial charge < -0.3 is 29.7 Å². The number of benzene rings is 2. The SMILES string of the molecule is CN=C(NCCOCc1cccc(OC)c1)NC1CCN(c2ccccc2OC)C1. The first-order chi connectivity index (χ1) is 14.7. The zero-order valence-electron chi connectivity index (χ0n) is 18.1. The second-order valence-electron chi connectivity index (χ2n) is 7.15. The van der Waals surface area contributed by atoms with E-state index in [2.05, 4.69) is 26.6 Å². The number of hydrogen-bond donors (Lipinski definition) is 2. The number of aliphatic imine (C=N–C) groups is 1. The molecule has 0 amide bonds. The van der Waals surface area contributed by atoms with Crippen LogP contribution < -0.4 is 25.0 Å². The minimum absolute atomic E-state index is 0.332. The van der Waals surface area contributed by atoms with E-state index in [9.17, 15) is 0 Å². The number of guanidine groups is 1. The van der Waals surface area contributed by atoms with E-state index in [1.165, 1.54) is 0 Å². The minimum Gasteiger partial charge on any atom is -0.497 e. The van der Waals surface area contributed by atoms with Crippen molar-refractivity contribution in [3.8, 4) is 11.5 Å². The Bertz CT molecular complexity index is 828. The van der Waals surface area contributed by atoms with Crippen LogP contribution in [0.1, 0.15) is 12.0 Å². The fraction of sp³-hybridized carbons (Fsp3) is 0.435. The molecule has 0 saturated carbocycles. The Balaban J connectivity index is 1.38. The van der Waals surface area contributed by atoms with Crippen LogP contribution in [0.4, 0.5) is 5.69 Å². The van der Waals surface area contributed by atoms with E-state index >= 15 is 0 Å². The molecule has 1 aliphatic rings. The quantitative estimate of drug-likeness (QED) is 0.375. The number of rotatable bonds is 9. The van der Waals surface area contributed by atoms with Gasteiger partial charge in [-0.3, -0.25) is 4.99 Å². The molecule has 2 N–H and O–H groups in total. The summed E-state index contributed by atoms with van der Waals surface area (Å²) < 4.78 is 16.5. The maximum Gasteiger partial charge on any atom is 0.191 e. The summed E-state index contributed by atoms with van der Waals surface area (Å²) in [6.45, 7) is 3.73. The van der Waals surface area contributed by atoms with Gasteiger partial charge in [-0.1, -0.05) is 24.3 Å². The third-order valence-electron chi connectivity index (χ3n) is 5.12. The topological polar surface area (TPSA) is 67.4 Å². The van der Waals surface area contributed by atoms with Crippen molar-refractivity contribution in [3.05, 3.63) is 54.1 Å². The first-order valence-corrected chi connectivity index (χ1v) is 10.3. The summed E-state index contributed by atoms with van der Waals surface area (Å²) in [6, 6.07) is 16.4. The number of nitrogens with zero attached hydrogens (tertiary/aromatic N) is 2. The van der Waals surface area contributed by atoms with Crippen LogP contribution >= 0.6 is 0 Å². The third kappa shape index (κ3) is 6.03. The zero-order valence-corrected chi connectivity index (χ0v) is 18.1. The zero-order chi connectivity index (χ0) is 21.2. The van der Waals surface area contributed by atoms with Crippen LogP contribution in [0.2, 0.25) is 0 Å². The summed E-state index contributed by atoms with van der Waals surface area (Å²) in [7, 11) is 5.18. The predicted octanol–water partition coefficient (Wildman–Crippen LogP) is 2.66. The third-order valence-corrected chi connectivity index (χ3v) is 5.12. The fourth-order valence-corrected chi connectivity index (χ4v) is 3.57. The maximum absolute atomic E-state index is 5.76. The van der Waals surface area contributed by atoms with Crippen LogP contribution in [-0.4, -0.2) is 59.5 Å². The van der Waals surface area contributed by atoms with Crippen LogP contribution in [0, 0.1) is 0 Å². The Morgan fingerprint density at radius 3 is 2.80 bits per heavy atom. The highest BCUT2D eigenvalue weighted by Gasteiger charge is 2.25. The van der Waals surface area contributed by atoms with Crippen molar-refractivity contribution < 1.29 is 14.2 Å². The molecule has 2 aromatic carbocycles. The Morgan fingerprint density at radius 1 is 1.13 bits per heavy atom. The molecule has 0 bridgehead atoms. The molecule has 7 nitrogen and oxygen atoms in total. The highest BCUT2D eigenvalue weighted by atomic mass is 16.5. The molecule has 0 aromatic heterocycles. The van der Waals surface area contributed by atoms with Gasteiger partial charge in [0.2, 0.25) is 0 Å². The van der Waals surface area contributed by atoms with Crippen LogP contribution in [0.25, 0.3) is 0 Å². The van der Waals surface area contributed by atoms with Crippen molar-refractivity contribution >= 4 is 11.6 Å². The Labute approximate surface area is 179 Å². The summed E-state index contributed by atoms with van der Waals surface area (Å²) in [5.41, 5.74) is 2.23. The van der Waals surface area contributed by atoms with E-state index in [1.807, 2.05) is 42.5 Å². The Hall–Kier alpha value is -2.93. The lowest BCUT2D eigenvalue weighted by Crippen LogP contribution is -2.45. The van der Waals surface area contributed by atoms with E-state index < -0.39 is 0 Å². The summed E-state index contributed by atoms with van der Waals surface area (Å²) in [5.74, 6) is 2.55. The van der Waals surface area contributed by atoms with E-state index in [4.69, 9.17) is 14.2 Å². The first kappa shape index (κ1) is 21.8. The lowest BCUT2D eigenvalue weighted by molar-refractivity contribution is 0.125. The molecule has 3 rings (SSSR count). The molecule has 7 heteroatoms. The number of nitrogens with one attached hydrogen (secondary N) is 2. The molecule has 1 heterocycles.